The molecule has 4 rings (SSSR count). The number of piperazine rings is 1. The molecule has 2 aliphatic rings. The van der Waals surface area contributed by atoms with Crippen molar-refractivity contribution < 1.29 is 22.7 Å². The van der Waals surface area contributed by atoms with E-state index >= 15 is 0 Å². The number of ether oxygens (including phenoxy) is 2. The van der Waals surface area contributed by atoms with E-state index in [0.29, 0.717) is 31.9 Å². The largest absolute Gasteiger partial charge is 0.495 e. The molecule has 8 nitrogen and oxygen atoms in total. The van der Waals surface area contributed by atoms with Crippen molar-refractivity contribution in [3.05, 3.63) is 65.7 Å². The molecule has 0 aliphatic carbocycles. The van der Waals surface area contributed by atoms with Crippen LogP contribution in [0.4, 0.5) is 0 Å². The van der Waals surface area contributed by atoms with Gasteiger partial charge in [0, 0.05) is 51.4 Å². The molecule has 0 spiro atoms. The number of morpholine rings is 1. The molecular weight excluding hydrogens is 454 g/mol. The summed E-state index contributed by atoms with van der Waals surface area (Å²) in [4.78, 5) is 17.3. The van der Waals surface area contributed by atoms with Crippen LogP contribution in [0.2, 0.25) is 0 Å². The first kappa shape index (κ1) is 24.4. The van der Waals surface area contributed by atoms with Crippen LogP contribution in [0.25, 0.3) is 6.08 Å². The van der Waals surface area contributed by atoms with E-state index in [4.69, 9.17) is 9.47 Å². The summed E-state index contributed by atoms with van der Waals surface area (Å²) >= 11 is 0. The van der Waals surface area contributed by atoms with Gasteiger partial charge in [0.25, 0.3) is 5.91 Å². The maximum atomic E-state index is 13.2. The van der Waals surface area contributed by atoms with E-state index in [1.807, 2.05) is 18.2 Å². The van der Waals surface area contributed by atoms with Crippen molar-refractivity contribution in [3.8, 4) is 5.75 Å². The number of carbonyl (C=O) groups is 1. The number of benzene rings is 2. The molecule has 182 valence electrons. The van der Waals surface area contributed by atoms with E-state index in [-0.39, 0.29) is 29.6 Å². The molecule has 9 heteroatoms. The average molecular weight is 486 g/mol. The lowest BCUT2D eigenvalue weighted by molar-refractivity contribution is 0.0649. The zero-order valence-corrected chi connectivity index (χ0v) is 20.2. The van der Waals surface area contributed by atoms with Crippen molar-refractivity contribution in [2.24, 2.45) is 0 Å². The highest BCUT2D eigenvalue weighted by atomic mass is 32.2. The van der Waals surface area contributed by atoms with Crippen molar-refractivity contribution in [1.82, 2.24) is 14.1 Å². The predicted octanol–water partition coefficient (Wildman–Crippen LogP) is 2.19. The smallest absolute Gasteiger partial charge is 0.253 e. The molecule has 0 atom stereocenters. The van der Waals surface area contributed by atoms with Crippen molar-refractivity contribution >= 4 is 22.0 Å². The highest BCUT2D eigenvalue weighted by molar-refractivity contribution is 7.89. The third-order valence-electron chi connectivity index (χ3n) is 6.13. The Labute approximate surface area is 201 Å². The predicted molar refractivity (Wildman–Crippen MR) is 130 cm³/mol. The Balaban J connectivity index is 1.40. The van der Waals surface area contributed by atoms with Crippen LogP contribution in [0.3, 0.4) is 0 Å². The molecule has 0 bridgehead atoms. The minimum absolute atomic E-state index is 0.0208. The van der Waals surface area contributed by atoms with Crippen LogP contribution < -0.4 is 4.74 Å². The lowest BCUT2D eigenvalue weighted by Gasteiger charge is -2.34. The fourth-order valence-corrected chi connectivity index (χ4v) is 5.74. The van der Waals surface area contributed by atoms with Gasteiger partial charge in [0.05, 0.1) is 20.3 Å². The van der Waals surface area contributed by atoms with Crippen LogP contribution in [-0.4, -0.2) is 94.6 Å². The number of hydrogen-bond donors (Lipinski definition) is 0. The van der Waals surface area contributed by atoms with Crippen LogP contribution in [0.15, 0.2) is 59.5 Å². The maximum Gasteiger partial charge on any atom is 0.253 e. The normalized spacial score (nSPS) is 18.3. The van der Waals surface area contributed by atoms with Crippen LogP contribution in [0.1, 0.15) is 15.9 Å². The van der Waals surface area contributed by atoms with E-state index in [1.54, 1.807) is 17.0 Å². The van der Waals surface area contributed by atoms with Gasteiger partial charge in [-0.2, -0.15) is 4.31 Å². The minimum atomic E-state index is -3.79. The highest BCUT2D eigenvalue weighted by Crippen LogP contribution is 2.29. The monoisotopic (exact) mass is 485 g/mol. The van der Waals surface area contributed by atoms with E-state index < -0.39 is 10.0 Å². The number of amides is 1. The Morgan fingerprint density at radius 1 is 1.00 bits per heavy atom. The Morgan fingerprint density at radius 3 is 2.38 bits per heavy atom. The van der Waals surface area contributed by atoms with Gasteiger partial charge in [0.15, 0.2) is 0 Å². The second-order valence-corrected chi connectivity index (χ2v) is 10.2. The summed E-state index contributed by atoms with van der Waals surface area (Å²) in [5.41, 5.74) is 1.52. The lowest BCUT2D eigenvalue weighted by Crippen LogP contribution is -2.48. The fourth-order valence-electron chi connectivity index (χ4n) is 4.16. The number of sulfonamides is 1. The Kier molecular flexibility index (Phi) is 7.99. The first-order valence-electron chi connectivity index (χ1n) is 11.5. The molecule has 0 unspecified atom stereocenters. The minimum Gasteiger partial charge on any atom is -0.495 e. The van der Waals surface area contributed by atoms with Gasteiger partial charge in [-0.25, -0.2) is 8.42 Å². The quantitative estimate of drug-likeness (QED) is 0.598. The molecule has 1 amide bonds. The first-order valence-corrected chi connectivity index (χ1v) is 12.9. The zero-order chi connectivity index (χ0) is 24.0. The molecule has 2 aromatic rings. The molecule has 0 saturated carbocycles. The van der Waals surface area contributed by atoms with Crippen molar-refractivity contribution in [2.45, 2.75) is 4.90 Å². The van der Waals surface area contributed by atoms with E-state index in [9.17, 15) is 13.2 Å². The Hall–Kier alpha value is -2.72. The van der Waals surface area contributed by atoms with Gasteiger partial charge < -0.3 is 14.4 Å². The third-order valence-corrected chi connectivity index (χ3v) is 8.05. The second kappa shape index (κ2) is 11.1. The van der Waals surface area contributed by atoms with Crippen LogP contribution in [0, 0.1) is 0 Å². The topological polar surface area (TPSA) is 79.4 Å². The molecule has 0 radical (unpaired) electrons. The third kappa shape index (κ3) is 5.67. The van der Waals surface area contributed by atoms with Crippen molar-refractivity contribution in [3.63, 3.8) is 0 Å². The second-order valence-electron chi connectivity index (χ2n) is 8.29. The number of methoxy groups -OCH3 is 1. The molecule has 0 N–H and O–H groups in total. The summed E-state index contributed by atoms with van der Waals surface area (Å²) in [5, 5.41) is 0. The highest BCUT2D eigenvalue weighted by Gasteiger charge is 2.31. The van der Waals surface area contributed by atoms with Gasteiger partial charge in [-0.3, -0.25) is 9.69 Å². The maximum absolute atomic E-state index is 13.2. The van der Waals surface area contributed by atoms with Crippen molar-refractivity contribution in [1.29, 1.82) is 0 Å². The van der Waals surface area contributed by atoms with Crippen molar-refractivity contribution in [2.75, 3.05) is 66.1 Å². The standard InChI is InChI=1S/C25H31N3O5S/c1-32-23-10-9-22(20-24(23)34(30,31)28-16-18-33-19-17-28)25(29)27-14-12-26(13-15-27)11-5-8-21-6-3-2-4-7-21/h2-10,20H,11-19H2,1H3. The summed E-state index contributed by atoms with van der Waals surface area (Å²) in [6, 6.07) is 14.8. The molecule has 2 saturated heterocycles. The molecular formula is C25H31N3O5S. The van der Waals surface area contributed by atoms with Gasteiger partial charge >= 0.3 is 0 Å². The SMILES string of the molecule is COc1ccc(C(=O)N2CCN(CC=Cc3ccccc3)CC2)cc1S(=O)(=O)N1CCOCC1. The number of carbonyl (C=O) groups excluding carboxylic acids is 1. The van der Waals surface area contributed by atoms with Crippen LogP contribution in [-0.2, 0) is 14.8 Å². The Morgan fingerprint density at radius 2 is 1.71 bits per heavy atom. The average Bonchev–Trinajstić information content (AvgIpc) is 2.89. The summed E-state index contributed by atoms with van der Waals surface area (Å²) in [5.74, 6) is 0.0682. The fraction of sp³-hybridized carbons (Fsp3) is 0.400. The summed E-state index contributed by atoms with van der Waals surface area (Å²) in [6.07, 6.45) is 4.24. The van der Waals surface area contributed by atoms with E-state index in [2.05, 4.69) is 29.2 Å². The molecule has 2 fully saturated rings. The molecule has 2 aliphatic heterocycles. The summed E-state index contributed by atoms with van der Waals surface area (Å²) < 4.78 is 38.4. The molecule has 0 aromatic heterocycles. The van der Waals surface area contributed by atoms with Gasteiger partial charge in [-0.15, -0.1) is 0 Å². The van der Waals surface area contributed by atoms with Gasteiger partial charge in [0.2, 0.25) is 10.0 Å². The number of hydrogen-bond acceptors (Lipinski definition) is 6. The molecule has 2 heterocycles. The Bertz CT molecular complexity index is 1110. The van der Waals surface area contributed by atoms with Crippen LogP contribution in [0.5, 0.6) is 5.75 Å². The number of nitrogens with zero attached hydrogens (tertiary/aromatic N) is 3. The molecule has 2 aromatic carbocycles. The van der Waals surface area contributed by atoms with E-state index in [0.717, 1.165) is 19.6 Å². The lowest BCUT2D eigenvalue weighted by atomic mass is 10.1. The first-order chi connectivity index (χ1) is 16.5. The van der Waals surface area contributed by atoms with E-state index in [1.165, 1.54) is 23.0 Å². The summed E-state index contributed by atoms with van der Waals surface area (Å²) in [6.45, 7) is 4.80. The molecule has 34 heavy (non-hydrogen) atoms. The summed E-state index contributed by atoms with van der Waals surface area (Å²) in [7, 11) is -2.36. The van der Waals surface area contributed by atoms with Gasteiger partial charge in [0.1, 0.15) is 10.6 Å². The van der Waals surface area contributed by atoms with Crippen LogP contribution >= 0.6 is 0 Å². The van der Waals surface area contributed by atoms with Gasteiger partial charge in [-0.05, 0) is 23.8 Å². The van der Waals surface area contributed by atoms with Gasteiger partial charge in [-0.1, -0.05) is 42.5 Å². The zero-order valence-electron chi connectivity index (χ0n) is 19.4. The number of rotatable bonds is 7.